The van der Waals surface area contributed by atoms with Crippen molar-refractivity contribution in [3.05, 3.63) is 0 Å². The number of hydrogen-bond donors (Lipinski definition) is 1. The third-order valence-electron chi connectivity index (χ3n) is 1.22. The van der Waals surface area contributed by atoms with Crippen LogP contribution in [0.2, 0.25) is 0 Å². The third-order valence-corrected chi connectivity index (χ3v) is 1.22. The molecule has 1 N–H and O–H groups in total. The zero-order valence-corrected chi connectivity index (χ0v) is 8.35. The minimum absolute atomic E-state index is 0. The summed E-state index contributed by atoms with van der Waals surface area (Å²) < 4.78 is 0. The number of carboxylic acids is 1. The van der Waals surface area contributed by atoms with E-state index in [2.05, 4.69) is 0 Å². The van der Waals surface area contributed by atoms with Crippen molar-refractivity contribution in [1.29, 1.82) is 0 Å². The predicted octanol–water partition coefficient (Wildman–Crippen LogP) is -1.49. The molecule has 3 heteroatoms. The maximum atomic E-state index is 9.97. The number of hydrogen-bond acceptors (Lipinski definition) is 1. The van der Waals surface area contributed by atoms with Gasteiger partial charge in [0.1, 0.15) is 0 Å². The van der Waals surface area contributed by atoms with Gasteiger partial charge in [-0.05, 0) is 5.92 Å². The average molecular weight is 139 g/mol. The topological polar surface area (TPSA) is 37.3 Å². The number of carboxylic acid groups (broad SMARTS) is 1. The summed E-state index contributed by atoms with van der Waals surface area (Å²) in [5.41, 5.74) is 0. The fourth-order valence-corrected chi connectivity index (χ4v) is 0.442. The van der Waals surface area contributed by atoms with Crippen LogP contribution in [0.5, 0.6) is 0 Å². The quantitative estimate of drug-likeness (QED) is 0.484. The average Bonchev–Trinajstić information content (AvgIpc) is 1.65. The minimum atomic E-state index is -0.695. The summed E-state index contributed by atoms with van der Waals surface area (Å²) in [6.07, 6.45) is 1.25. The van der Waals surface area contributed by atoms with E-state index in [-0.39, 0.29) is 29.6 Å². The van der Waals surface area contributed by atoms with E-state index in [9.17, 15) is 4.79 Å². The molecule has 0 aromatic heterocycles. The van der Waals surface area contributed by atoms with Gasteiger partial charge in [-0.15, -0.1) is 0 Å². The molecule has 0 radical (unpaired) electrons. The normalized spacial score (nSPS) is 11.8. The fourth-order valence-electron chi connectivity index (χ4n) is 0.442. The molecule has 0 bridgehead atoms. The van der Waals surface area contributed by atoms with E-state index in [1.807, 2.05) is 13.8 Å². The molecule has 1 atom stereocenters. The van der Waals surface area contributed by atoms with E-state index >= 15 is 0 Å². The van der Waals surface area contributed by atoms with Gasteiger partial charge in [-0.25, -0.2) is 0 Å². The van der Waals surface area contributed by atoms with Crippen molar-refractivity contribution in [2.75, 3.05) is 0 Å². The van der Waals surface area contributed by atoms with E-state index in [1.165, 1.54) is 0 Å². The first kappa shape index (κ1) is 12.2. The van der Waals surface area contributed by atoms with Gasteiger partial charge in [-0.3, -0.25) is 4.79 Å². The molecule has 0 spiro atoms. The standard InChI is InChI=1S/C6H12O2.Na/c1-3-5(2)4-6(7)8;/h5H,3-4H2,1-2H3,(H,7,8);/q;+1. The first-order chi connectivity index (χ1) is 3.66. The van der Waals surface area contributed by atoms with Crippen LogP contribution >= 0.6 is 0 Å². The smallest absolute Gasteiger partial charge is 0.481 e. The monoisotopic (exact) mass is 139 g/mol. The Balaban J connectivity index is 0. The summed E-state index contributed by atoms with van der Waals surface area (Å²) in [7, 11) is 0. The van der Waals surface area contributed by atoms with Crippen LogP contribution in [-0.4, -0.2) is 11.1 Å². The van der Waals surface area contributed by atoms with Gasteiger partial charge in [0.2, 0.25) is 0 Å². The molecule has 0 amide bonds. The van der Waals surface area contributed by atoms with Crippen molar-refractivity contribution in [2.45, 2.75) is 26.7 Å². The molecule has 0 rings (SSSR count). The molecule has 0 fully saturated rings. The molecule has 2 nitrogen and oxygen atoms in total. The molecule has 0 heterocycles. The molecule has 0 aliphatic rings. The summed E-state index contributed by atoms with van der Waals surface area (Å²) in [6, 6.07) is 0. The second kappa shape index (κ2) is 6.59. The number of aliphatic carboxylic acids is 1. The Hall–Kier alpha value is 0.470. The summed E-state index contributed by atoms with van der Waals surface area (Å²) >= 11 is 0. The maximum absolute atomic E-state index is 9.97. The van der Waals surface area contributed by atoms with Crippen LogP contribution in [0.1, 0.15) is 26.7 Å². The Morgan fingerprint density at radius 1 is 1.67 bits per heavy atom. The summed E-state index contributed by atoms with van der Waals surface area (Å²) in [5.74, 6) is -0.369. The molecular weight excluding hydrogens is 127 g/mol. The summed E-state index contributed by atoms with van der Waals surface area (Å²) in [5, 5.41) is 8.22. The molecule has 0 saturated carbocycles. The van der Waals surface area contributed by atoms with Crippen molar-refractivity contribution in [3.63, 3.8) is 0 Å². The SMILES string of the molecule is CCC(C)CC(=O)O.[Na+]. The van der Waals surface area contributed by atoms with Crippen molar-refractivity contribution in [3.8, 4) is 0 Å². The number of rotatable bonds is 3. The van der Waals surface area contributed by atoms with Gasteiger partial charge in [0.25, 0.3) is 0 Å². The van der Waals surface area contributed by atoms with Gasteiger partial charge >= 0.3 is 35.5 Å². The molecule has 0 aliphatic heterocycles. The Bertz CT molecular complexity index is 83.1. The largest absolute Gasteiger partial charge is 1.00 e. The Kier molecular flexibility index (Phi) is 8.91. The van der Waals surface area contributed by atoms with Gasteiger partial charge < -0.3 is 5.11 Å². The molecular formula is C6H12NaO2+. The van der Waals surface area contributed by atoms with Crippen molar-refractivity contribution in [1.82, 2.24) is 0 Å². The molecule has 9 heavy (non-hydrogen) atoms. The van der Waals surface area contributed by atoms with Crippen LogP contribution in [0.25, 0.3) is 0 Å². The Morgan fingerprint density at radius 2 is 2.11 bits per heavy atom. The van der Waals surface area contributed by atoms with E-state index in [0.717, 1.165) is 6.42 Å². The molecule has 1 unspecified atom stereocenters. The van der Waals surface area contributed by atoms with Gasteiger partial charge in [0.15, 0.2) is 0 Å². The number of carbonyl (C=O) groups is 1. The second-order valence-corrected chi connectivity index (χ2v) is 2.11. The van der Waals surface area contributed by atoms with E-state index < -0.39 is 5.97 Å². The van der Waals surface area contributed by atoms with Crippen LogP contribution in [0.4, 0.5) is 0 Å². The Labute approximate surface area is 77.9 Å². The molecule has 0 aromatic rings. The van der Waals surface area contributed by atoms with Crippen molar-refractivity contribution < 1.29 is 39.5 Å². The van der Waals surface area contributed by atoms with Gasteiger partial charge in [-0.1, -0.05) is 20.3 Å². The van der Waals surface area contributed by atoms with Crippen molar-refractivity contribution in [2.24, 2.45) is 5.92 Å². The molecule has 48 valence electrons. The van der Waals surface area contributed by atoms with Crippen LogP contribution in [0.15, 0.2) is 0 Å². The van der Waals surface area contributed by atoms with E-state index in [4.69, 9.17) is 5.11 Å². The second-order valence-electron chi connectivity index (χ2n) is 2.11. The minimum Gasteiger partial charge on any atom is -0.481 e. The molecule has 0 saturated heterocycles. The summed E-state index contributed by atoms with van der Waals surface area (Å²) in [4.78, 5) is 9.97. The van der Waals surface area contributed by atoms with E-state index in [0.29, 0.717) is 12.3 Å². The van der Waals surface area contributed by atoms with Crippen LogP contribution in [0, 0.1) is 5.92 Å². The first-order valence-electron chi connectivity index (χ1n) is 2.88. The molecule has 0 aliphatic carbocycles. The third kappa shape index (κ3) is 8.47. The van der Waals surface area contributed by atoms with Crippen LogP contribution < -0.4 is 29.6 Å². The zero-order valence-electron chi connectivity index (χ0n) is 6.35. The zero-order chi connectivity index (χ0) is 6.57. The first-order valence-corrected chi connectivity index (χ1v) is 2.88. The maximum Gasteiger partial charge on any atom is 1.00 e. The fraction of sp³-hybridized carbons (Fsp3) is 0.833. The van der Waals surface area contributed by atoms with Crippen molar-refractivity contribution >= 4 is 5.97 Å². The summed E-state index contributed by atoms with van der Waals surface area (Å²) in [6.45, 7) is 3.93. The van der Waals surface area contributed by atoms with E-state index in [1.54, 1.807) is 0 Å². The van der Waals surface area contributed by atoms with Crippen LogP contribution in [0.3, 0.4) is 0 Å². The van der Waals surface area contributed by atoms with Gasteiger partial charge in [-0.2, -0.15) is 0 Å². The Morgan fingerprint density at radius 3 is 2.22 bits per heavy atom. The van der Waals surface area contributed by atoms with Gasteiger partial charge in [0.05, 0.1) is 0 Å². The van der Waals surface area contributed by atoms with Crippen LogP contribution in [-0.2, 0) is 4.79 Å². The predicted molar refractivity (Wildman–Crippen MR) is 31.7 cm³/mol. The molecule has 0 aromatic carbocycles. The van der Waals surface area contributed by atoms with Gasteiger partial charge in [0, 0.05) is 6.42 Å².